The van der Waals surface area contributed by atoms with Gasteiger partial charge in [0.05, 0.1) is 21.5 Å². The molecule has 2 rings (SSSR count). The first-order valence-electron chi connectivity index (χ1n) is 5.44. The highest BCUT2D eigenvalue weighted by atomic mass is 35.5. The number of hydrogen-bond acceptors (Lipinski definition) is 4. The van der Waals surface area contributed by atoms with Gasteiger partial charge in [0.1, 0.15) is 0 Å². The summed E-state index contributed by atoms with van der Waals surface area (Å²) in [7, 11) is 0. The number of halogens is 1. The molecule has 8 heteroatoms. The topological polar surface area (TPSA) is 90.2 Å². The summed E-state index contributed by atoms with van der Waals surface area (Å²) in [5, 5.41) is 21.6. The fourth-order valence-electron chi connectivity index (χ4n) is 1.71. The summed E-state index contributed by atoms with van der Waals surface area (Å²) in [6.07, 6.45) is 3.54. The molecular formula is C12H11ClN3O4+. The third kappa shape index (κ3) is 3.48. The number of aromatic nitrogens is 1. The van der Waals surface area contributed by atoms with E-state index in [2.05, 4.69) is 0 Å². The maximum atomic E-state index is 11.0. The highest BCUT2D eigenvalue weighted by molar-refractivity contribution is 5.85. The van der Waals surface area contributed by atoms with Crippen LogP contribution in [0.3, 0.4) is 0 Å². The third-order valence-corrected chi connectivity index (χ3v) is 2.61. The van der Waals surface area contributed by atoms with E-state index in [0.29, 0.717) is 5.56 Å². The van der Waals surface area contributed by atoms with E-state index >= 15 is 0 Å². The second-order valence-corrected chi connectivity index (χ2v) is 3.88. The highest BCUT2D eigenvalue weighted by Crippen LogP contribution is 2.24. The Hall–Kier alpha value is -2.54. The first-order valence-corrected chi connectivity index (χ1v) is 5.44. The van der Waals surface area contributed by atoms with E-state index < -0.39 is 9.85 Å². The smallest absolute Gasteiger partial charge is 0.258 e. The van der Waals surface area contributed by atoms with Crippen molar-refractivity contribution in [1.29, 1.82) is 0 Å². The Labute approximate surface area is 120 Å². The van der Waals surface area contributed by atoms with Crippen LogP contribution in [0.4, 0.5) is 11.4 Å². The normalized spacial score (nSPS) is 9.60. The molecule has 0 unspecified atom stereocenters. The van der Waals surface area contributed by atoms with Gasteiger partial charge < -0.3 is 0 Å². The summed E-state index contributed by atoms with van der Waals surface area (Å²) in [5.41, 5.74) is -0.106. The van der Waals surface area contributed by atoms with Crippen LogP contribution in [0.25, 0.3) is 0 Å². The average molecular weight is 297 g/mol. The summed E-state index contributed by atoms with van der Waals surface area (Å²) in [5.74, 6) is 0. The molecule has 0 atom stereocenters. The van der Waals surface area contributed by atoms with Crippen LogP contribution in [0.5, 0.6) is 0 Å². The zero-order valence-corrected chi connectivity index (χ0v) is 11.0. The minimum atomic E-state index is -0.646. The van der Waals surface area contributed by atoms with Crippen LogP contribution in [0, 0.1) is 20.2 Å². The molecule has 20 heavy (non-hydrogen) atoms. The zero-order chi connectivity index (χ0) is 13.8. The molecular weight excluding hydrogens is 286 g/mol. The lowest BCUT2D eigenvalue weighted by Crippen LogP contribution is -2.33. The van der Waals surface area contributed by atoms with Gasteiger partial charge in [-0.1, -0.05) is 6.07 Å². The van der Waals surface area contributed by atoms with E-state index in [1.807, 2.05) is 6.07 Å². The van der Waals surface area contributed by atoms with Gasteiger partial charge in [0, 0.05) is 18.2 Å². The van der Waals surface area contributed by atoms with Crippen LogP contribution in [-0.2, 0) is 6.54 Å². The lowest BCUT2D eigenvalue weighted by molar-refractivity contribution is -0.688. The van der Waals surface area contributed by atoms with Crippen molar-refractivity contribution < 1.29 is 14.4 Å². The Bertz CT molecular complexity index is 634. The van der Waals surface area contributed by atoms with Crippen LogP contribution in [-0.4, -0.2) is 9.85 Å². The number of nitro groups is 2. The lowest BCUT2D eigenvalue weighted by atomic mass is 10.1. The molecule has 0 amide bonds. The van der Waals surface area contributed by atoms with Gasteiger partial charge in [-0.05, 0) is 6.07 Å². The Morgan fingerprint density at radius 1 is 1.00 bits per heavy atom. The van der Waals surface area contributed by atoms with Gasteiger partial charge in [-0.3, -0.25) is 20.2 Å². The standard InChI is InChI=1S/C12H10N3O4.ClH/c16-14(17)11-5-4-10(12(8-11)15(18)19)9-13-6-2-1-3-7-13;/h1-8H,9H2;1H/q+1;. The summed E-state index contributed by atoms with van der Waals surface area (Å²) in [6.45, 7) is 0.287. The first-order chi connectivity index (χ1) is 9.08. The average Bonchev–Trinajstić information content (AvgIpc) is 2.39. The number of non-ortho nitro benzene ring substituents is 1. The molecule has 0 saturated carbocycles. The van der Waals surface area contributed by atoms with Gasteiger partial charge >= 0.3 is 0 Å². The first kappa shape index (κ1) is 15.5. The van der Waals surface area contributed by atoms with Crippen molar-refractivity contribution in [3.05, 3.63) is 74.6 Å². The number of pyridine rings is 1. The van der Waals surface area contributed by atoms with Crippen LogP contribution >= 0.6 is 12.4 Å². The van der Waals surface area contributed by atoms with Gasteiger partial charge in [0.15, 0.2) is 18.9 Å². The summed E-state index contributed by atoms with van der Waals surface area (Å²) >= 11 is 0. The van der Waals surface area contributed by atoms with Crippen molar-refractivity contribution in [2.45, 2.75) is 6.54 Å². The van der Waals surface area contributed by atoms with Crippen molar-refractivity contribution in [3.63, 3.8) is 0 Å². The minimum Gasteiger partial charge on any atom is -0.258 e. The van der Waals surface area contributed by atoms with Crippen LogP contribution in [0.1, 0.15) is 5.56 Å². The fourth-order valence-corrected chi connectivity index (χ4v) is 1.71. The second kappa shape index (κ2) is 6.58. The molecule has 1 aromatic heterocycles. The largest absolute Gasteiger partial charge is 0.285 e. The Morgan fingerprint density at radius 3 is 2.20 bits per heavy atom. The van der Waals surface area contributed by atoms with E-state index in [4.69, 9.17) is 0 Å². The van der Waals surface area contributed by atoms with Gasteiger partial charge in [0.25, 0.3) is 11.4 Å². The van der Waals surface area contributed by atoms with Crippen molar-refractivity contribution in [2.75, 3.05) is 0 Å². The highest BCUT2D eigenvalue weighted by Gasteiger charge is 2.21. The van der Waals surface area contributed by atoms with Gasteiger partial charge in [-0.2, -0.15) is 0 Å². The molecule has 0 N–H and O–H groups in total. The van der Waals surface area contributed by atoms with Crippen LogP contribution in [0.2, 0.25) is 0 Å². The second-order valence-electron chi connectivity index (χ2n) is 3.88. The number of rotatable bonds is 4. The molecule has 104 valence electrons. The molecule has 2 aromatic rings. The van der Waals surface area contributed by atoms with E-state index in [1.54, 1.807) is 29.1 Å². The third-order valence-electron chi connectivity index (χ3n) is 2.61. The van der Waals surface area contributed by atoms with Gasteiger partial charge in [0.2, 0.25) is 0 Å². The number of nitrogens with zero attached hydrogens (tertiary/aromatic N) is 3. The SMILES string of the molecule is Cl.O=[N+]([O-])c1ccc(C[n+]2ccccc2)c([N+](=O)[O-])c1. The van der Waals surface area contributed by atoms with Gasteiger partial charge in [-0.15, -0.1) is 12.4 Å². The molecule has 0 aliphatic heterocycles. The van der Waals surface area contributed by atoms with Crippen molar-refractivity contribution in [2.24, 2.45) is 0 Å². The molecule has 1 aromatic carbocycles. The minimum absolute atomic E-state index is 0. The molecule has 7 nitrogen and oxygen atoms in total. The molecule has 0 bridgehead atoms. The molecule has 0 radical (unpaired) electrons. The summed E-state index contributed by atoms with van der Waals surface area (Å²) in [4.78, 5) is 20.3. The zero-order valence-electron chi connectivity index (χ0n) is 10.2. The quantitative estimate of drug-likeness (QED) is 0.491. The van der Waals surface area contributed by atoms with Crippen LogP contribution < -0.4 is 4.57 Å². The molecule has 1 heterocycles. The monoisotopic (exact) mass is 296 g/mol. The Morgan fingerprint density at radius 2 is 1.65 bits per heavy atom. The van der Waals surface area contributed by atoms with E-state index in [1.165, 1.54) is 12.1 Å². The lowest BCUT2D eigenvalue weighted by Gasteiger charge is -2.00. The molecule has 0 fully saturated rings. The van der Waals surface area contributed by atoms with Crippen LogP contribution in [0.15, 0.2) is 48.8 Å². The van der Waals surface area contributed by atoms with Gasteiger partial charge in [-0.25, -0.2) is 4.57 Å². The number of benzene rings is 1. The fraction of sp³-hybridized carbons (Fsp3) is 0.0833. The maximum Gasteiger partial charge on any atom is 0.285 e. The predicted molar refractivity (Wildman–Crippen MR) is 72.7 cm³/mol. The number of nitro benzene ring substituents is 2. The summed E-state index contributed by atoms with van der Waals surface area (Å²) in [6, 6.07) is 9.11. The van der Waals surface area contributed by atoms with E-state index in [9.17, 15) is 20.2 Å². The Balaban J connectivity index is 0.00000200. The predicted octanol–water partition coefficient (Wildman–Crippen LogP) is 2.26. The molecule has 0 saturated heterocycles. The number of hydrogen-bond donors (Lipinski definition) is 0. The van der Waals surface area contributed by atoms with Crippen molar-refractivity contribution >= 4 is 23.8 Å². The van der Waals surface area contributed by atoms with E-state index in [0.717, 1.165) is 6.07 Å². The Kier molecular flexibility index (Phi) is 5.10. The maximum absolute atomic E-state index is 11.0. The molecule has 0 aliphatic carbocycles. The van der Waals surface area contributed by atoms with E-state index in [-0.39, 0.29) is 30.3 Å². The summed E-state index contributed by atoms with van der Waals surface area (Å²) < 4.78 is 1.76. The van der Waals surface area contributed by atoms with Crippen molar-refractivity contribution in [1.82, 2.24) is 0 Å². The van der Waals surface area contributed by atoms with Crippen molar-refractivity contribution in [3.8, 4) is 0 Å². The molecule has 0 spiro atoms. The molecule has 0 aliphatic rings.